The topological polar surface area (TPSA) is 75.7 Å². The zero-order chi connectivity index (χ0) is 11.3. The lowest BCUT2D eigenvalue weighted by molar-refractivity contribution is -0.134. The van der Waals surface area contributed by atoms with Crippen LogP contribution in [-0.4, -0.2) is 29.2 Å². The standard InChI is InChI=1S/C11H17NO3/c1-8(14)15-10(7-13)6-9-4-2-3-5-11(9)12/h2-5,8,10,13-14H,6-7,12H2,1H3. The monoisotopic (exact) mass is 211 g/mol. The summed E-state index contributed by atoms with van der Waals surface area (Å²) >= 11 is 0. The summed E-state index contributed by atoms with van der Waals surface area (Å²) in [5.41, 5.74) is 7.34. The number of aliphatic hydroxyl groups excluding tert-OH is 2. The molecule has 0 spiro atoms. The number of nitrogens with two attached hydrogens (primary N) is 1. The van der Waals surface area contributed by atoms with Gasteiger partial charge >= 0.3 is 0 Å². The molecule has 0 aliphatic heterocycles. The van der Waals surface area contributed by atoms with Crippen molar-refractivity contribution in [2.75, 3.05) is 12.3 Å². The summed E-state index contributed by atoms with van der Waals surface area (Å²) in [5, 5.41) is 18.1. The van der Waals surface area contributed by atoms with Crippen LogP contribution in [0.4, 0.5) is 5.69 Å². The fourth-order valence-electron chi connectivity index (χ4n) is 1.40. The molecule has 1 aromatic rings. The molecule has 0 radical (unpaired) electrons. The SMILES string of the molecule is CC(O)OC(CO)Cc1ccccc1N. The largest absolute Gasteiger partial charge is 0.399 e. The van der Waals surface area contributed by atoms with Gasteiger partial charge in [0.15, 0.2) is 6.29 Å². The second-order valence-electron chi connectivity index (χ2n) is 3.44. The number of rotatable bonds is 5. The molecule has 1 rings (SSSR count). The van der Waals surface area contributed by atoms with E-state index in [4.69, 9.17) is 20.7 Å². The molecule has 0 heterocycles. The number of para-hydroxylation sites is 1. The number of hydrogen-bond acceptors (Lipinski definition) is 4. The maximum absolute atomic E-state index is 9.05. The molecule has 0 aliphatic rings. The Kier molecular flexibility index (Phi) is 4.55. The Hall–Kier alpha value is -1.10. The molecule has 0 fully saturated rings. The third kappa shape index (κ3) is 3.87. The molecule has 0 saturated carbocycles. The molecule has 84 valence electrons. The summed E-state index contributed by atoms with van der Waals surface area (Å²) in [5.74, 6) is 0. The van der Waals surface area contributed by atoms with Gasteiger partial charge in [-0.3, -0.25) is 0 Å². The summed E-state index contributed by atoms with van der Waals surface area (Å²) < 4.78 is 5.11. The van der Waals surface area contributed by atoms with Gasteiger partial charge in [0.25, 0.3) is 0 Å². The van der Waals surface area contributed by atoms with Crippen LogP contribution in [0.15, 0.2) is 24.3 Å². The van der Waals surface area contributed by atoms with Crippen molar-refractivity contribution in [3.05, 3.63) is 29.8 Å². The van der Waals surface area contributed by atoms with Gasteiger partial charge in [-0.1, -0.05) is 18.2 Å². The third-order valence-corrected chi connectivity index (χ3v) is 2.10. The first-order valence-corrected chi connectivity index (χ1v) is 4.91. The minimum Gasteiger partial charge on any atom is -0.399 e. The van der Waals surface area contributed by atoms with Gasteiger partial charge in [-0.15, -0.1) is 0 Å². The van der Waals surface area contributed by atoms with Crippen molar-refractivity contribution < 1.29 is 14.9 Å². The zero-order valence-corrected chi connectivity index (χ0v) is 8.76. The van der Waals surface area contributed by atoms with E-state index < -0.39 is 12.4 Å². The average Bonchev–Trinajstić information content (AvgIpc) is 2.19. The maximum atomic E-state index is 9.05. The highest BCUT2D eigenvalue weighted by molar-refractivity contribution is 5.46. The van der Waals surface area contributed by atoms with Crippen molar-refractivity contribution in [2.45, 2.75) is 25.7 Å². The van der Waals surface area contributed by atoms with Crippen molar-refractivity contribution in [1.82, 2.24) is 0 Å². The highest BCUT2D eigenvalue weighted by Crippen LogP contribution is 2.14. The Morgan fingerprint density at radius 3 is 2.60 bits per heavy atom. The smallest absolute Gasteiger partial charge is 0.152 e. The highest BCUT2D eigenvalue weighted by Gasteiger charge is 2.12. The van der Waals surface area contributed by atoms with Crippen molar-refractivity contribution in [2.24, 2.45) is 0 Å². The van der Waals surface area contributed by atoms with E-state index in [1.54, 1.807) is 6.07 Å². The molecule has 2 unspecified atom stereocenters. The predicted molar refractivity (Wildman–Crippen MR) is 58.2 cm³/mol. The van der Waals surface area contributed by atoms with E-state index in [1.165, 1.54) is 6.92 Å². The van der Waals surface area contributed by atoms with Gasteiger partial charge in [-0.05, 0) is 18.6 Å². The second-order valence-corrected chi connectivity index (χ2v) is 3.44. The van der Waals surface area contributed by atoms with Gasteiger partial charge in [0.1, 0.15) is 0 Å². The van der Waals surface area contributed by atoms with Crippen molar-refractivity contribution in [1.29, 1.82) is 0 Å². The molecule has 0 amide bonds. The van der Waals surface area contributed by atoms with Gasteiger partial charge in [0.05, 0.1) is 12.7 Å². The van der Waals surface area contributed by atoms with Crippen LogP contribution in [0.1, 0.15) is 12.5 Å². The lowest BCUT2D eigenvalue weighted by Crippen LogP contribution is -2.25. The minimum absolute atomic E-state index is 0.140. The highest BCUT2D eigenvalue weighted by atomic mass is 16.6. The first-order chi connectivity index (χ1) is 7.13. The molecule has 2 atom stereocenters. The summed E-state index contributed by atoms with van der Waals surface area (Å²) in [6.45, 7) is 1.37. The number of aliphatic hydroxyl groups is 2. The van der Waals surface area contributed by atoms with Crippen LogP contribution < -0.4 is 5.73 Å². The van der Waals surface area contributed by atoms with E-state index in [0.717, 1.165) is 5.56 Å². The van der Waals surface area contributed by atoms with Gasteiger partial charge < -0.3 is 20.7 Å². The van der Waals surface area contributed by atoms with Crippen LogP contribution in [0.3, 0.4) is 0 Å². The Bertz CT molecular complexity index is 302. The lowest BCUT2D eigenvalue weighted by atomic mass is 10.1. The quantitative estimate of drug-likeness (QED) is 0.490. The zero-order valence-electron chi connectivity index (χ0n) is 8.76. The van der Waals surface area contributed by atoms with Crippen molar-refractivity contribution >= 4 is 5.69 Å². The minimum atomic E-state index is -0.882. The van der Waals surface area contributed by atoms with Crippen molar-refractivity contribution in [3.8, 4) is 0 Å². The summed E-state index contributed by atoms with van der Waals surface area (Å²) in [7, 11) is 0. The molecule has 0 aromatic heterocycles. The molecular weight excluding hydrogens is 194 g/mol. The molecular formula is C11H17NO3. The molecule has 4 heteroatoms. The number of benzene rings is 1. The fraction of sp³-hybridized carbons (Fsp3) is 0.455. The van der Waals surface area contributed by atoms with Gasteiger partial charge in [0, 0.05) is 12.1 Å². The van der Waals surface area contributed by atoms with Gasteiger partial charge in [0.2, 0.25) is 0 Å². The second kappa shape index (κ2) is 5.70. The van der Waals surface area contributed by atoms with Crippen LogP contribution >= 0.6 is 0 Å². The number of hydrogen-bond donors (Lipinski definition) is 3. The van der Waals surface area contributed by atoms with E-state index in [2.05, 4.69) is 0 Å². The van der Waals surface area contributed by atoms with Crippen LogP contribution in [0.25, 0.3) is 0 Å². The Balaban J connectivity index is 2.62. The summed E-state index contributed by atoms with van der Waals surface area (Å²) in [6.07, 6.45) is -0.810. The van der Waals surface area contributed by atoms with E-state index in [1.807, 2.05) is 18.2 Å². The van der Waals surface area contributed by atoms with E-state index in [-0.39, 0.29) is 6.61 Å². The van der Waals surface area contributed by atoms with Gasteiger partial charge in [-0.25, -0.2) is 0 Å². The molecule has 4 nitrogen and oxygen atoms in total. The normalized spacial score (nSPS) is 14.9. The van der Waals surface area contributed by atoms with Gasteiger partial charge in [-0.2, -0.15) is 0 Å². The molecule has 15 heavy (non-hydrogen) atoms. The average molecular weight is 211 g/mol. The van der Waals surface area contributed by atoms with E-state index in [0.29, 0.717) is 12.1 Å². The Morgan fingerprint density at radius 2 is 2.07 bits per heavy atom. The Morgan fingerprint density at radius 1 is 1.40 bits per heavy atom. The molecule has 1 aromatic carbocycles. The molecule has 0 saturated heterocycles. The van der Waals surface area contributed by atoms with Crippen LogP contribution in [0.2, 0.25) is 0 Å². The summed E-state index contributed by atoms with van der Waals surface area (Å²) in [6, 6.07) is 7.40. The maximum Gasteiger partial charge on any atom is 0.152 e. The first kappa shape index (κ1) is 12.0. The Labute approximate surface area is 89.3 Å². The number of ether oxygens (including phenoxy) is 1. The van der Waals surface area contributed by atoms with Crippen molar-refractivity contribution in [3.63, 3.8) is 0 Å². The lowest BCUT2D eigenvalue weighted by Gasteiger charge is -2.18. The number of anilines is 1. The predicted octanol–water partition coefficient (Wildman–Crippen LogP) is 0.527. The molecule has 0 bridgehead atoms. The molecule has 0 aliphatic carbocycles. The van der Waals surface area contributed by atoms with Crippen LogP contribution in [0.5, 0.6) is 0 Å². The summed E-state index contributed by atoms with van der Waals surface area (Å²) in [4.78, 5) is 0. The number of nitrogen functional groups attached to an aromatic ring is 1. The van der Waals surface area contributed by atoms with E-state index >= 15 is 0 Å². The molecule has 4 N–H and O–H groups in total. The van der Waals surface area contributed by atoms with E-state index in [9.17, 15) is 0 Å². The van der Waals surface area contributed by atoms with Crippen LogP contribution in [0, 0.1) is 0 Å². The fourth-order valence-corrected chi connectivity index (χ4v) is 1.40. The third-order valence-electron chi connectivity index (χ3n) is 2.10. The first-order valence-electron chi connectivity index (χ1n) is 4.91. The van der Waals surface area contributed by atoms with Crippen LogP contribution in [-0.2, 0) is 11.2 Å².